The lowest BCUT2D eigenvalue weighted by atomic mass is 10.2. The largest absolute Gasteiger partial charge is 0.397 e. The van der Waals surface area contributed by atoms with Gasteiger partial charge < -0.3 is 11.1 Å². The van der Waals surface area contributed by atoms with E-state index in [0.717, 1.165) is 5.56 Å². The fourth-order valence-corrected chi connectivity index (χ4v) is 1.70. The summed E-state index contributed by atoms with van der Waals surface area (Å²) in [7, 11) is 0. The average Bonchev–Trinajstić information content (AvgIpc) is 2.27. The summed E-state index contributed by atoms with van der Waals surface area (Å²) in [4.78, 5) is 0. The van der Waals surface area contributed by atoms with Crippen LogP contribution in [0.2, 0.25) is 5.02 Å². The lowest BCUT2D eigenvalue weighted by molar-refractivity contribution is 0.628. The van der Waals surface area contributed by atoms with Gasteiger partial charge in [-0.3, -0.25) is 0 Å². The van der Waals surface area contributed by atoms with Crippen LogP contribution in [0.1, 0.15) is 5.56 Å². The molecule has 88 valence electrons. The molecule has 17 heavy (non-hydrogen) atoms. The van der Waals surface area contributed by atoms with Crippen molar-refractivity contribution in [3.63, 3.8) is 0 Å². The summed E-state index contributed by atoms with van der Waals surface area (Å²) in [6.45, 7) is 1.95. The molecule has 0 saturated carbocycles. The van der Waals surface area contributed by atoms with Crippen LogP contribution in [0.25, 0.3) is 0 Å². The van der Waals surface area contributed by atoms with Crippen molar-refractivity contribution >= 4 is 28.7 Å². The quantitative estimate of drug-likeness (QED) is 0.787. The van der Waals surface area contributed by atoms with E-state index in [0.29, 0.717) is 22.1 Å². The third-order valence-corrected chi connectivity index (χ3v) is 2.73. The highest BCUT2D eigenvalue weighted by Crippen LogP contribution is 2.29. The Labute approximate surface area is 104 Å². The number of benzene rings is 2. The molecule has 0 saturated heterocycles. The number of halogens is 2. The Bertz CT molecular complexity index is 555. The maximum Gasteiger partial charge on any atom is 0.125 e. The van der Waals surface area contributed by atoms with E-state index in [2.05, 4.69) is 5.32 Å². The molecule has 0 heterocycles. The van der Waals surface area contributed by atoms with Gasteiger partial charge in [-0.25, -0.2) is 4.39 Å². The molecule has 0 bridgehead atoms. The Morgan fingerprint density at radius 1 is 1.12 bits per heavy atom. The molecule has 4 heteroatoms. The van der Waals surface area contributed by atoms with Gasteiger partial charge in [-0.2, -0.15) is 0 Å². The van der Waals surface area contributed by atoms with Crippen LogP contribution in [0.15, 0.2) is 36.4 Å². The fraction of sp³-hybridized carbons (Fsp3) is 0.0769. The van der Waals surface area contributed by atoms with Gasteiger partial charge in [0.15, 0.2) is 0 Å². The predicted molar refractivity (Wildman–Crippen MR) is 70.3 cm³/mol. The summed E-state index contributed by atoms with van der Waals surface area (Å²) in [5.41, 5.74) is 8.74. The minimum absolute atomic E-state index is 0.345. The van der Waals surface area contributed by atoms with Crippen LogP contribution >= 0.6 is 11.6 Å². The average molecular weight is 251 g/mol. The summed E-state index contributed by atoms with van der Waals surface area (Å²) in [6.07, 6.45) is 0. The number of nitrogen functional groups attached to an aromatic ring is 1. The van der Waals surface area contributed by atoms with Gasteiger partial charge in [0.25, 0.3) is 0 Å². The van der Waals surface area contributed by atoms with Gasteiger partial charge in [0.2, 0.25) is 0 Å². The molecular formula is C13H12ClFN2. The van der Waals surface area contributed by atoms with Crippen molar-refractivity contribution in [3.05, 3.63) is 52.8 Å². The molecule has 0 aliphatic heterocycles. The second-order valence-corrected chi connectivity index (χ2v) is 4.25. The topological polar surface area (TPSA) is 38.0 Å². The standard InChI is InChI=1S/C13H12ClFN2/c1-8-2-5-12(11(16)6-8)17-13-7-9(15)3-4-10(13)14/h2-7,17H,16H2,1H3. The molecule has 0 amide bonds. The van der Waals surface area contributed by atoms with Crippen LogP contribution in [-0.4, -0.2) is 0 Å². The maximum absolute atomic E-state index is 13.1. The zero-order valence-electron chi connectivity index (χ0n) is 9.30. The van der Waals surface area contributed by atoms with Gasteiger partial charge in [0.05, 0.1) is 22.1 Å². The lowest BCUT2D eigenvalue weighted by Crippen LogP contribution is -1.97. The second kappa shape index (κ2) is 4.63. The van der Waals surface area contributed by atoms with Gasteiger partial charge in [-0.15, -0.1) is 0 Å². The van der Waals surface area contributed by atoms with E-state index < -0.39 is 0 Å². The van der Waals surface area contributed by atoms with E-state index in [1.807, 2.05) is 25.1 Å². The van der Waals surface area contributed by atoms with E-state index in [4.69, 9.17) is 17.3 Å². The monoisotopic (exact) mass is 250 g/mol. The van der Waals surface area contributed by atoms with E-state index >= 15 is 0 Å². The molecular weight excluding hydrogens is 239 g/mol. The molecule has 0 aliphatic carbocycles. The molecule has 2 nitrogen and oxygen atoms in total. The summed E-state index contributed by atoms with van der Waals surface area (Å²) in [6, 6.07) is 9.75. The Kier molecular flexibility index (Phi) is 3.20. The molecule has 0 fully saturated rings. The summed E-state index contributed by atoms with van der Waals surface area (Å²) in [5.74, 6) is -0.345. The second-order valence-electron chi connectivity index (χ2n) is 3.84. The number of nitrogens with one attached hydrogen (secondary N) is 1. The number of nitrogens with two attached hydrogens (primary N) is 1. The SMILES string of the molecule is Cc1ccc(Nc2cc(F)ccc2Cl)c(N)c1. The van der Waals surface area contributed by atoms with Crippen LogP contribution in [0.5, 0.6) is 0 Å². The molecule has 0 atom stereocenters. The molecule has 0 radical (unpaired) electrons. The van der Waals surface area contributed by atoms with E-state index in [9.17, 15) is 4.39 Å². The number of rotatable bonds is 2. The molecule has 0 aliphatic rings. The fourth-order valence-electron chi connectivity index (χ4n) is 1.53. The van der Waals surface area contributed by atoms with E-state index in [1.165, 1.54) is 18.2 Å². The Morgan fingerprint density at radius 2 is 1.88 bits per heavy atom. The normalized spacial score (nSPS) is 10.3. The minimum atomic E-state index is -0.345. The van der Waals surface area contributed by atoms with Gasteiger partial charge in [0.1, 0.15) is 5.82 Å². The zero-order chi connectivity index (χ0) is 12.4. The van der Waals surface area contributed by atoms with Crippen LogP contribution in [0.3, 0.4) is 0 Å². The molecule has 3 N–H and O–H groups in total. The van der Waals surface area contributed by atoms with Crippen LogP contribution in [-0.2, 0) is 0 Å². The lowest BCUT2D eigenvalue weighted by Gasteiger charge is -2.11. The van der Waals surface area contributed by atoms with Gasteiger partial charge in [0, 0.05) is 0 Å². The minimum Gasteiger partial charge on any atom is -0.397 e. The summed E-state index contributed by atoms with van der Waals surface area (Å²) >= 11 is 5.96. The van der Waals surface area contributed by atoms with E-state index in [1.54, 1.807) is 0 Å². The first-order valence-corrected chi connectivity index (χ1v) is 5.52. The molecule has 2 aromatic carbocycles. The number of hydrogen-bond acceptors (Lipinski definition) is 2. The van der Waals surface area contributed by atoms with Crippen LogP contribution in [0, 0.1) is 12.7 Å². The highest BCUT2D eigenvalue weighted by atomic mass is 35.5. The number of hydrogen-bond donors (Lipinski definition) is 2. The first kappa shape index (κ1) is 11.7. The van der Waals surface area contributed by atoms with Crippen molar-refractivity contribution in [2.45, 2.75) is 6.92 Å². The smallest absolute Gasteiger partial charge is 0.125 e. The Morgan fingerprint density at radius 3 is 2.59 bits per heavy atom. The highest BCUT2D eigenvalue weighted by Gasteiger charge is 2.05. The molecule has 0 spiro atoms. The zero-order valence-corrected chi connectivity index (χ0v) is 10.1. The van der Waals surface area contributed by atoms with Crippen molar-refractivity contribution in [2.75, 3.05) is 11.1 Å². The number of anilines is 3. The Hall–Kier alpha value is -1.74. The molecule has 2 aromatic rings. The first-order valence-electron chi connectivity index (χ1n) is 5.14. The van der Waals surface area contributed by atoms with Crippen LogP contribution < -0.4 is 11.1 Å². The van der Waals surface area contributed by atoms with E-state index in [-0.39, 0.29) is 5.82 Å². The summed E-state index contributed by atoms with van der Waals surface area (Å²) in [5, 5.41) is 3.46. The van der Waals surface area contributed by atoms with Crippen molar-refractivity contribution in [3.8, 4) is 0 Å². The van der Waals surface area contributed by atoms with Crippen molar-refractivity contribution in [1.29, 1.82) is 0 Å². The third kappa shape index (κ3) is 2.68. The summed E-state index contributed by atoms with van der Waals surface area (Å²) < 4.78 is 13.1. The van der Waals surface area contributed by atoms with Gasteiger partial charge >= 0.3 is 0 Å². The van der Waals surface area contributed by atoms with Gasteiger partial charge in [-0.1, -0.05) is 17.7 Å². The van der Waals surface area contributed by atoms with Crippen molar-refractivity contribution in [1.82, 2.24) is 0 Å². The van der Waals surface area contributed by atoms with Gasteiger partial charge in [-0.05, 0) is 42.8 Å². The van der Waals surface area contributed by atoms with Crippen molar-refractivity contribution < 1.29 is 4.39 Å². The van der Waals surface area contributed by atoms with Crippen molar-refractivity contribution in [2.24, 2.45) is 0 Å². The highest BCUT2D eigenvalue weighted by molar-refractivity contribution is 6.33. The first-order chi connectivity index (χ1) is 8.06. The molecule has 0 unspecified atom stereocenters. The maximum atomic E-state index is 13.1. The molecule has 0 aromatic heterocycles. The third-order valence-electron chi connectivity index (χ3n) is 2.40. The number of aryl methyl sites for hydroxylation is 1. The Balaban J connectivity index is 2.34. The van der Waals surface area contributed by atoms with Crippen LogP contribution in [0.4, 0.5) is 21.5 Å². The predicted octanol–water partition coefficient (Wildman–Crippen LogP) is 4.11. The molecule has 2 rings (SSSR count).